The summed E-state index contributed by atoms with van der Waals surface area (Å²) in [7, 11) is 1.63. The molecule has 6 heteroatoms. The first-order valence-electron chi connectivity index (χ1n) is 7.58. The Labute approximate surface area is 130 Å². The molecule has 0 aromatic heterocycles. The number of aliphatic hydroxyl groups is 1. The molecule has 1 saturated heterocycles. The molecule has 0 saturated carbocycles. The van der Waals surface area contributed by atoms with Gasteiger partial charge in [-0.3, -0.25) is 9.69 Å². The fraction of sp³-hybridized carbons (Fsp3) is 0.562. The van der Waals surface area contributed by atoms with Crippen molar-refractivity contribution in [2.24, 2.45) is 0 Å². The van der Waals surface area contributed by atoms with Crippen molar-refractivity contribution in [1.82, 2.24) is 9.80 Å². The van der Waals surface area contributed by atoms with E-state index in [-0.39, 0.29) is 18.6 Å². The van der Waals surface area contributed by atoms with Crippen molar-refractivity contribution >= 4 is 5.91 Å². The molecule has 2 heterocycles. The number of methoxy groups -OCH3 is 1. The minimum Gasteiger partial charge on any atom is -0.497 e. The van der Waals surface area contributed by atoms with Crippen LogP contribution in [0.5, 0.6) is 11.5 Å². The van der Waals surface area contributed by atoms with Gasteiger partial charge in [-0.15, -0.1) is 0 Å². The van der Waals surface area contributed by atoms with Crippen molar-refractivity contribution in [3.05, 3.63) is 23.8 Å². The average Bonchev–Trinajstić information content (AvgIpc) is 2.54. The second kappa shape index (κ2) is 6.14. The summed E-state index contributed by atoms with van der Waals surface area (Å²) >= 11 is 0. The molecule has 0 spiro atoms. The topological polar surface area (TPSA) is 62.2 Å². The number of aliphatic hydroxyl groups excluding tert-OH is 1. The highest BCUT2D eigenvalue weighted by Gasteiger charge is 2.36. The highest BCUT2D eigenvalue weighted by Crippen LogP contribution is 2.38. The molecule has 0 aliphatic carbocycles. The van der Waals surface area contributed by atoms with Crippen LogP contribution in [0.25, 0.3) is 0 Å². The average molecular weight is 306 g/mol. The van der Waals surface area contributed by atoms with Crippen LogP contribution in [0, 0.1) is 0 Å². The number of benzene rings is 1. The van der Waals surface area contributed by atoms with Crippen molar-refractivity contribution in [2.45, 2.75) is 19.1 Å². The van der Waals surface area contributed by atoms with Gasteiger partial charge in [0.1, 0.15) is 24.2 Å². The largest absolute Gasteiger partial charge is 0.497 e. The Hall–Kier alpha value is -1.79. The van der Waals surface area contributed by atoms with E-state index in [0.717, 1.165) is 30.2 Å². The van der Waals surface area contributed by atoms with Gasteiger partial charge in [0.05, 0.1) is 13.2 Å². The quantitative estimate of drug-likeness (QED) is 0.869. The summed E-state index contributed by atoms with van der Waals surface area (Å²) in [5.41, 5.74) is 0.953. The smallest absolute Gasteiger partial charge is 0.219 e. The van der Waals surface area contributed by atoms with Gasteiger partial charge in [0.15, 0.2) is 0 Å². The van der Waals surface area contributed by atoms with Gasteiger partial charge < -0.3 is 19.5 Å². The lowest BCUT2D eigenvalue weighted by Crippen LogP contribution is -2.52. The maximum Gasteiger partial charge on any atom is 0.219 e. The fourth-order valence-electron chi connectivity index (χ4n) is 3.24. The van der Waals surface area contributed by atoms with Gasteiger partial charge in [-0.25, -0.2) is 0 Å². The third-order valence-corrected chi connectivity index (χ3v) is 4.46. The molecule has 1 N–H and O–H groups in total. The molecule has 2 aliphatic heterocycles. The normalized spacial score (nSPS) is 25.3. The number of amides is 1. The first kappa shape index (κ1) is 15.1. The lowest BCUT2D eigenvalue weighted by atomic mass is 9.95. The first-order chi connectivity index (χ1) is 10.6. The predicted molar refractivity (Wildman–Crippen MR) is 81.1 cm³/mol. The summed E-state index contributed by atoms with van der Waals surface area (Å²) in [6, 6.07) is 5.56. The van der Waals surface area contributed by atoms with Crippen molar-refractivity contribution in [3.8, 4) is 11.5 Å². The Morgan fingerprint density at radius 1 is 1.32 bits per heavy atom. The molecule has 1 fully saturated rings. The molecule has 22 heavy (non-hydrogen) atoms. The second-order valence-corrected chi connectivity index (χ2v) is 5.77. The standard InChI is InChI=1S/C16H22N2O4/c1-11(19)17-5-7-18(8-6-17)16-13-9-12(21-2)3-4-15(13)22-10-14(16)20/h3-4,9,14,16,20H,5-8,10H2,1-2H3. The van der Waals surface area contributed by atoms with Crippen LogP contribution in [-0.2, 0) is 4.79 Å². The minimum absolute atomic E-state index is 0.106. The number of hydrogen-bond donors (Lipinski definition) is 1. The lowest BCUT2D eigenvalue weighted by Gasteiger charge is -2.43. The van der Waals surface area contributed by atoms with E-state index in [9.17, 15) is 9.90 Å². The molecule has 120 valence electrons. The van der Waals surface area contributed by atoms with E-state index in [2.05, 4.69) is 4.90 Å². The van der Waals surface area contributed by atoms with Crippen molar-refractivity contribution in [2.75, 3.05) is 39.9 Å². The van der Waals surface area contributed by atoms with Gasteiger partial charge in [-0.2, -0.15) is 0 Å². The molecule has 1 aromatic carbocycles. The van der Waals surface area contributed by atoms with Crippen LogP contribution in [0.2, 0.25) is 0 Å². The maximum atomic E-state index is 11.4. The van der Waals surface area contributed by atoms with Crippen LogP contribution in [-0.4, -0.2) is 66.8 Å². The summed E-state index contributed by atoms with van der Waals surface area (Å²) in [6.07, 6.45) is -0.580. The van der Waals surface area contributed by atoms with Crippen molar-refractivity contribution in [3.63, 3.8) is 0 Å². The molecule has 0 radical (unpaired) electrons. The summed E-state index contributed by atoms with van der Waals surface area (Å²) in [6.45, 7) is 4.77. The molecule has 2 unspecified atom stereocenters. The summed E-state index contributed by atoms with van der Waals surface area (Å²) in [5.74, 6) is 1.66. The monoisotopic (exact) mass is 306 g/mol. The van der Waals surface area contributed by atoms with Crippen LogP contribution in [0.3, 0.4) is 0 Å². The Morgan fingerprint density at radius 3 is 2.68 bits per heavy atom. The summed E-state index contributed by atoms with van der Waals surface area (Å²) in [5, 5.41) is 10.4. The predicted octanol–water partition coefficient (Wildman–Crippen LogP) is 0.654. The molecule has 1 amide bonds. The molecule has 2 aliphatic rings. The van der Waals surface area contributed by atoms with E-state index in [1.54, 1.807) is 14.0 Å². The molecular formula is C16H22N2O4. The number of fused-ring (bicyclic) bond motifs is 1. The van der Waals surface area contributed by atoms with Crippen molar-refractivity contribution in [1.29, 1.82) is 0 Å². The van der Waals surface area contributed by atoms with Gasteiger partial charge in [0, 0.05) is 38.7 Å². The number of hydrogen-bond acceptors (Lipinski definition) is 5. The zero-order chi connectivity index (χ0) is 15.7. The van der Waals surface area contributed by atoms with Gasteiger partial charge in [0.2, 0.25) is 5.91 Å². The van der Waals surface area contributed by atoms with Crippen LogP contribution >= 0.6 is 0 Å². The SMILES string of the molecule is COc1ccc2c(c1)C(N1CCN(C(C)=O)CC1)C(O)CO2. The number of carbonyl (C=O) groups excluding carboxylic acids is 1. The Morgan fingerprint density at radius 2 is 2.05 bits per heavy atom. The minimum atomic E-state index is -0.580. The van der Waals surface area contributed by atoms with Crippen LogP contribution in [0.15, 0.2) is 18.2 Å². The Bertz CT molecular complexity index is 555. The van der Waals surface area contributed by atoms with Gasteiger partial charge in [0.25, 0.3) is 0 Å². The van der Waals surface area contributed by atoms with Crippen LogP contribution in [0.4, 0.5) is 0 Å². The molecule has 0 bridgehead atoms. The van der Waals surface area contributed by atoms with Gasteiger partial charge in [-0.05, 0) is 18.2 Å². The van der Waals surface area contributed by atoms with E-state index in [4.69, 9.17) is 9.47 Å². The number of nitrogens with zero attached hydrogens (tertiary/aromatic N) is 2. The van der Waals surface area contributed by atoms with Crippen LogP contribution in [0.1, 0.15) is 18.5 Å². The lowest BCUT2D eigenvalue weighted by molar-refractivity contribution is -0.131. The van der Waals surface area contributed by atoms with E-state index >= 15 is 0 Å². The summed E-state index contributed by atoms with van der Waals surface area (Å²) < 4.78 is 10.9. The highest BCUT2D eigenvalue weighted by molar-refractivity contribution is 5.73. The second-order valence-electron chi connectivity index (χ2n) is 5.77. The molecule has 3 rings (SSSR count). The number of rotatable bonds is 2. The summed E-state index contributed by atoms with van der Waals surface area (Å²) in [4.78, 5) is 15.5. The van der Waals surface area contributed by atoms with E-state index in [1.807, 2.05) is 23.1 Å². The first-order valence-corrected chi connectivity index (χ1v) is 7.58. The zero-order valence-electron chi connectivity index (χ0n) is 13.0. The maximum absolute atomic E-state index is 11.4. The zero-order valence-corrected chi connectivity index (χ0v) is 13.0. The van der Waals surface area contributed by atoms with Crippen LogP contribution < -0.4 is 9.47 Å². The Kier molecular flexibility index (Phi) is 4.22. The fourth-order valence-corrected chi connectivity index (χ4v) is 3.24. The molecule has 1 aromatic rings. The van der Waals surface area contributed by atoms with Gasteiger partial charge >= 0.3 is 0 Å². The molecule has 2 atom stereocenters. The van der Waals surface area contributed by atoms with E-state index in [1.165, 1.54) is 0 Å². The molecular weight excluding hydrogens is 284 g/mol. The van der Waals surface area contributed by atoms with Crippen molar-refractivity contribution < 1.29 is 19.4 Å². The Balaban J connectivity index is 1.83. The van der Waals surface area contributed by atoms with E-state index in [0.29, 0.717) is 13.1 Å². The third kappa shape index (κ3) is 2.76. The third-order valence-electron chi connectivity index (χ3n) is 4.46. The highest BCUT2D eigenvalue weighted by atomic mass is 16.5. The molecule has 6 nitrogen and oxygen atoms in total. The number of piperazine rings is 1. The number of ether oxygens (including phenoxy) is 2. The van der Waals surface area contributed by atoms with E-state index < -0.39 is 6.10 Å². The number of carbonyl (C=O) groups is 1. The van der Waals surface area contributed by atoms with Gasteiger partial charge in [-0.1, -0.05) is 0 Å².